The predicted octanol–water partition coefficient (Wildman–Crippen LogP) is 1.30. The maximum Gasteiger partial charge on any atom is 0.334 e. The minimum Gasteiger partial charge on any atom is -0.464 e. The Morgan fingerprint density at radius 2 is 2.29 bits per heavy atom. The van der Waals surface area contributed by atoms with Gasteiger partial charge in [-0.25, -0.2) is 4.79 Å². The zero-order chi connectivity index (χ0) is 12.3. The van der Waals surface area contributed by atoms with Gasteiger partial charge in [-0.3, -0.25) is 9.69 Å². The zero-order valence-electron chi connectivity index (χ0n) is 10.3. The highest BCUT2D eigenvalue weighted by Gasteiger charge is 2.54. The maximum absolute atomic E-state index is 12.2. The molecule has 2 rings (SSSR count). The van der Waals surface area contributed by atoms with E-state index in [1.54, 1.807) is 6.92 Å². The Balaban J connectivity index is 2.32. The summed E-state index contributed by atoms with van der Waals surface area (Å²) in [7, 11) is 0. The van der Waals surface area contributed by atoms with E-state index in [0.717, 1.165) is 19.4 Å². The summed E-state index contributed by atoms with van der Waals surface area (Å²) in [6.07, 6.45) is 6.95. The van der Waals surface area contributed by atoms with E-state index < -0.39 is 5.54 Å². The number of carbonyl (C=O) groups is 2. The number of Topliss-reactive ketones (excluding diaryl/α,β-unsaturated/α-hetero) is 1. The lowest BCUT2D eigenvalue weighted by Gasteiger charge is -2.34. The number of rotatable bonds is 2. The minimum absolute atomic E-state index is 0.0162. The summed E-state index contributed by atoms with van der Waals surface area (Å²) in [6, 6.07) is 0. The van der Waals surface area contributed by atoms with Gasteiger partial charge in [-0.05, 0) is 26.3 Å². The third-order valence-corrected chi connectivity index (χ3v) is 3.60. The molecule has 0 aliphatic carbocycles. The highest BCUT2D eigenvalue weighted by Crippen LogP contribution is 2.33. The molecule has 4 nitrogen and oxygen atoms in total. The van der Waals surface area contributed by atoms with Gasteiger partial charge in [-0.2, -0.15) is 0 Å². The van der Waals surface area contributed by atoms with Crippen molar-refractivity contribution in [3.05, 3.63) is 12.2 Å². The standard InChI is InChI=1S/C13H19NO3/c1-2-17-12(16)13-8-5-3-4-6-9-14(13)10-7-11(13)15/h3,5H,2,4,6-10H2,1H3/b5-3-/t13-/m1/s1. The van der Waals surface area contributed by atoms with Crippen LogP contribution in [0.5, 0.6) is 0 Å². The Morgan fingerprint density at radius 3 is 3.06 bits per heavy atom. The normalized spacial score (nSPS) is 31.5. The Morgan fingerprint density at radius 1 is 1.47 bits per heavy atom. The van der Waals surface area contributed by atoms with E-state index in [1.807, 2.05) is 11.0 Å². The molecule has 17 heavy (non-hydrogen) atoms. The lowest BCUT2D eigenvalue weighted by Crippen LogP contribution is -2.56. The molecule has 2 aliphatic rings. The fraction of sp³-hybridized carbons (Fsp3) is 0.692. The van der Waals surface area contributed by atoms with Crippen LogP contribution in [0.25, 0.3) is 0 Å². The number of hydrogen-bond acceptors (Lipinski definition) is 4. The van der Waals surface area contributed by atoms with Crippen molar-refractivity contribution in [3.8, 4) is 0 Å². The van der Waals surface area contributed by atoms with E-state index in [-0.39, 0.29) is 11.8 Å². The first kappa shape index (κ1) is 12.3. The van der Waals surface area contributed by atoms with Crippen LogP contribution in [-0.4, -0.2) is 41.9 Å². The van der Waals surface area contributed by atoms with Gasteiger partial charge >= 0.3 is 5.97 Å². The molecule has 0 saturated carbocycles. The third kappa shape index (κ3) is 2.02. The Bertz CT molecular complexity index is 351. The summed E-state index contributed by atoms with van der Waals surface area (Å²) < 4.78 is 5.12. The van der Waals surface area contributed by atoms with Crippen molar-refractivity contribution < 1.29 is 14.3 Å². The van der Waals surface area contributed by atoms with E-state index in [9.17, 15) is 9.59 Å². The summed E-state index contributed by atoms with van der Waals surface area (Å²) in [5, 5.41) is 0. The van der Waals surface area contributed by atoms with Crippen LogP contribution in [0.3, 0.4) is 0 Å². The van der Waals surface area contributed by atoms with Crippen molar-refractivity contribution in [2.24, 2.45) is 0 Å². The third-order valence-electron chi connectivity index (χ3n) is 3.60. The van der Waals surface area contributed by atoms with Crippen LogP contribution in [-0.2, 0) is 14.3 Å². The van der Waals surface area contributed by atoms with Gasteiger partial charge in [0, 0.05) is 19.4 Å². The summed E-state index contributed by atoms with van der Waals surface area (Å²) in [6.45, 7) is 3.59. The van der Waals surface area contributed by atoms with Gasteiger partial charge in [0.2, 0.25) is 0 Å². The quantitative estimate of drug-likeness (QED) is 0.412. The number of nitrogens with zero attached hydrogens (tertiary/aromatic N) is 1. The van der Waals surface area contributed by atoms with Crippen molar-refractivity contribution in [3.63, 3.8) is 0 Å². The van der Waals surface area contributed by atoms with E-state index in [4.69, 9.17) is 4.74 Å². The molecule has 2 aliphatic heterocycles. The molecule has 1 atom stereocenters. The predicted molar refractivity (Wildman–Crippen MR) is 63.6 cm³/mol. The summed E-state index contributed by atoms with van der Waals surface area (Å²) in [5.41, 5.74) is -1.02. The number of hydrogen-bond donors (Lipinski definition) is 0. The van der Waals surface area contributed by atoms with Crippen LogP contribution >= 0.6 is 0 Å². The molecule has 2 heterocycles. The molecule has 0 radical (unpaired) electrons. The first-order chi connectivity index (χ1) is 8.21. The van der Waals surface area contributed by atoms with Crippen molar-refractivity contribution in [1.29, 1.82) is 0 Å². The van der Waals surface area contributed by atoms with E-state index in [0.29, 0.717) is 26.0 Å². The Kier molecular flexibility index (Phi) is 3.62. The highest BCUT2D eigenvalue weighted by molar-refractivity contribution is 6.10. The number of esters is 1. The summed E-state index contributed by atoms with van der Waals surface area (Å²) in [4.78, 5) is 26.3. The second kappa shape index (κ2) is 5.00. The van der Waals surface area contributed by atoms with Crippen LogP contribution in [0.15, 0.2) is 12.2 Å². The number of ketones is 1. The molecule has 0 aromatic rings. The van der Waals surface area contributed by atoms with Crippen LogP contribution in [0.1, 0.15) is 32.6 Å². The fourth-order valence-corrected chi connectivity index (χ4v) is 2.70. The smallest absolute Gasteiger partial charge is 0.334 e. The second-order valence-corrected chi connectivity index (χ2v) is 4.56. The molecule has 1 saturated heterocycles. The zero-order valence-corrected chi connectivity index (χ0v) is 10.3. The van der Waals surface area contributed by atoms with Crippen molar-refractivity contribution in [1.82, 2.24) is 4.90 Å². The molecular weight excluding hydrogens is 218 g/mol. The van der Waals surface area contributed by atoms with Gasteiger partial charge < -0.3 is 4.74 Å². The molecule has 94 valence electrons. The number of carbonyl (C=O) groups excluding carboxylic acids is 2. The Hall–Kier alpha value is -1.16. The van der Waals surface area contributed by atoms with Gasteiger partial charge in [-0.1, -0.05) is 12.2 Å². The van der Waals surface area contributed by atoms with Crippen LogP contribution in [0.4, 0.5) is 0 Å². The SMILES string of the molecule is CCOC(=O)[C@]12C/C=C\CCCN1CCC2=O. The van der Waals surface area contributed by atoms with Crippen LogP contribution in [0.2, 0.25) is 0 Å². The van der Waals surface area contributed by atoms with Crippen molar-refractivity contribution >= 4 is 11.8 Å². The van der Waals surface area contributed by atoms with Crippen LogP contribution < -0.4 is 0 Å². The minimum atomic E-state index is -1.02. The average Bonchev–Trinajstić information content (AvgIpc) is 2.56. The average molecular weight is 237 g/mol. The largest absolute Gasteiger partial charge is 0.464 e. The summed E-state index contributed by atoms with van der Waals surface area (Å²) in [5.74, 6) is -0.350. The van der Waals surface area contributed by atoms with Gasteiger partial charge in [0.05, 0.1) is 6.61 Å². The molecule has 0 spiro atoms. The van der Waals surface area contributed by atoms with Gasteiger partial charge in [0.15, 0.2) is 11.3 Å². The molecule has 4 heteroatoms. The van der Waals surface area contributed by atoms with Crippen molar-refractivity contribution in [2.45, 2.75) is 38.1 Å². The molecule has 0 N–H and O–H groups in total. The number of fused-ring (bicyclic) bond motifs is 1. The van der Waals surface area contributed by atoms with E-state index >= 15 is 0 Å². The molecule has 0 aromatic carbocycles. The highest BCUT2D eigenvalue weighted by atomic mass is 16.5. The summed E-state index contributed by atoms with van der Waals surface area (Å²) >= 11 is 0. The van der Waals surface area contributed by atoms with Gasteiger partial charge in [0.25, 0.3) is 0 Å². The van der Waals surface area contributed by atoms with Gasteiger partial charge in [0.1, 0.15) is 0 Å². The maximum atomic E-state index is 12.2. The van der Waals surface area contributed by atoms with Crippen LogP contribution in [0, 0.1) is 0 Å². The molecule has 0 unspecified atom stereocenters. The fourth-order valence-electron chi connectivity index (χ4n) is 2.70. The number of ether oxygens (including phenoxy) is 1. The molecule has 0 bridgehead atoms. The first-order valence-electron chi connectivity index (χ1n) is 6.32. The molecule has 1 fully saturated rings. The van der Waals surface area contributed by atoms with E-state index in [2.05, 4.69) is 6.08 Å². The lowest BCUT2D eigenvalue weighted by atomic mass is 9.89. The number of allylic oxidation sites excluding steroid dienone is 1. The molecule has 0 amide bonds. The van der Waals surface area contributed by atoms with E-state index in [1.165, 1.54) is 0 Å². The monoisotopic (exact) mass is 237 g/mol. The Labute approximate surface area is 102 Å². The molecule has 0 aromatic heterocycles. The second-order valence-electron chi connectivity index (χ2n) is 4.56. The van der Waals surface area contributed by atoms with Gasteiger partial charge in [-0.15, -0.1) is 0 Å². The van der Waals surface area contributed by atoms with Crippen molar-refractivity contribution in [2.75, 3.05) is 19.7 Å². The lowest BCUT2D eigenvalue weighted by molar-refractivity contribution is -0.159. The first-order valence-corrected chi connectivity index (χ1v) is 6.32. The topological polar surface area (TPSA) is 46.6 Å². The molecular formula is C13H19NO3.